The molecule has 3 N–H and O–H groups in total. The van der Waals surface area contributed by atoms with Gasteiger partial charge in [0.05, 0.1) is 11.4 Å². The highest BCUT2D eigenvalue weighted by molar-refractivity contribution is 9.10. The molecule has 0 heterocycles. The zero-order valence-corrected chi connectivity index (χ0v) is 10.4. The van der Waals surface area contributed by atoms with Gasteiger partial charge in [0.1, 0.15) is 11.6 Å². The zero-order valence-electron chi connectivity index (χ0n) is 8.00. The van der Waals surface area contributed by atoms with E-state index in [1.54, 1.807) is 0 Å². The van der Waals surface area contributed by atoms with E-state index in [1.807, 2.05) is 0 Å². The fraction of sp³-hybridized carbons (Fsp3) is 0.250. The molecule has 0 aromatic heterocycles. The van der Waals surface area contributed by atoms with Crippen molar-refractivity contribution >= 4 is 31.6 Å². The van der Waals surface area contributed by atoms with Crippen LogP contribution in [-0.2, 0) is 10.0 Å². The molecule has 0 saturated carbocycles. The summed E-state index contributed by atoms with van der Waals surface area (Å²) in [5.74, 6) is -1.86. The van der Waals surface area contributed by atoms with Crippen LogP contribution in [0.3, 0.4) is 0 Å². The van der Waals surface area contributed by atoms with E-state index in [1.165, 1.54) is 0 Å². The van der Waals surface area contributed by atoms with Gasteiger partial charge in [-0.05, 0) is 22.0 Å². The van der Waals surface area contributed by atoms with Crippen molar-refractivity contribution in [3.8, 4) is 0 Å². The number of rotatable bonds is 4. The first-order valence-electron chi connectivity index (χ1n) is 4.18. The van der Waals surface area contributed by atoms with E-state index in [4.69, 9.17) is 5.14 Å². The van der Waals surface area contributed by atoms with Gasteiger partial charge in [-0.25, -0.2) is 22.3 Å². The van der Waals surface area contributed by atoms with Crippen LogP contribution in [-0.4, -0.2) is 20.7 Å². The number of nitrogens with one attached hydrogen (secondary N) is 1. The zero-order chi connectivity index (χ0) is 12.3. The molecule has 0 aliphatic carbocycles. The van der Waals surface area contributed by atoms with Gasteiger partial charge in [0.25, 0.3) is 0 Å². The Kier molecular flexibility index (Phi) is 4.22. The molecule has 0 fully saturated rings. The molecule has 1 aromatic carbocycles. The Morgan fingerprint density at radius 1 is 1.38 bits per heavy atom. The van der Waals surface area contributed by atoms with E-state index in [9.17, 15) is 17.2 Å². The summed E-state index contributed by atoms with van der Waals surface area (Å²) in [5.41, 5.74) is 0.00468. The van der Waals surface area contributed by atoms with Gasteiger partial charge < -0.3 is 5.32 Å². The van der Waals surface area contributed by atoms with Crippen LogP contribution in [0.5, 0.6) is 0 Å². The molecule has 0 aliphatic heterocycles. The monoisotopic (exact) mass is 314 g/mol. The Labute approximate surface area is 100 Å². The molecule has 0 unspecified atom stereocenters. The third kappa shape index (κ3) is 4.03. The molecular formula is C8H9BrF2N2O2S. The summed E-state index contributed by atoms with van der Waals surface area (Å²) in [7, 11) is -3.60. The number of primary sulfonamides is 1. The van der Waals surface area contributed by atoms with Crippen LogP contribution in [0.2, 0.25) is 0 Å². The van der Waals surface area contributed by atoms with Crippen LogP contribution in [0.25, 0.3) is 0 Å². The Morgan fingerprint density at radius 3 is 2.50 bits per heavy atom. The molecule has 1 aromatic rings. The minimum atomic E-state index is -3.60. The summed E-state index contributed by atoms with van der Waals surface area (Å²) in [6, 6.07) is 1.77. The van der Waals surface area contributed by atoms with Crippen LogP contribution in [0, 0.1) is 11.6 Å². The van der Waals surface area contributed by atoms with Crippen LogP contribution in [0.1, 0.15) is 0 Å². The fourth-order valence-electron chi connectivity index (χ4n) is 1.03. The maximum absolute atomic E-state index is 13.2. The molecule has 90 valence electrons. The van der Waals surface area contributed by atoms with Gasteiger partial charge in [-0.15, -0.1) is 0 Å². The first-order chi connectivity index (χ1) is 7.29. The Balaban J connectivity index is 2.75. The molecule has 0 radical (unpaired) electrons. The molecule has 8 heteroatoms. The largest absolute Gasteiger partial charge is 0.381 e. The smallest absolute Gasteiger partial charge is 0.210 e. The van der Waals surface area contributed by atoms with Crippen LogP contribution in [0.15, 0.2) is 16.6 Å². The van der Waals surface area contributed by atoms with E-state index >= 15 is 0 Å². The minimum Gasteiger partial charge on any atom is -0.381 e. The number of sulfonamides is 1. The number of hydrogen-bond donors (Lipinski definition) is 2. The lowest BCUT2D eigenvalue weighted by Gasteiger charge is -2.09. The summed E-state index contributed by atoms with van der Waals surface area (Å²) >= 11 is 2.96. The van der Waals surface area contributed by atoms with Crippen molar-refractivity contribution in [2.45, 2.75) is 0 Å². The van der Waals surface area contributed by atoms with Gasteiger partial charge in [-0.1, -0.05) is 0 Å². The van der Waals surface area contributed by atoms with Gasteiger partial charge in [-0.2, -0.15) is 0 Å². The normalized spacial score (nSPS) is 11.5. The number of hydrogen-bond acceptors (Lipinski definition) is 3. The average Bonchev–Trinajstić information content (AvgIpc) is 2.07. The van der Waals surface area contributed by atoms with Crippen LogP contribution < -0.4 is 10.5 Å². The molecule has 0 atom stereocenters. The lowest BCUT2D eigenvalue weighted by Crippen LogP contribution is -2.22. The number of halogens is 3. The number of anilines is 1. The first kappa shape index (κ1) is 13.3. The highest BCUT2D eigenvalue weighted by atomic mass is 79.9. The Bertz CT molecular complexity index is 470. The van der Waals surface area contributed by atoms with Crippen LogP contribution >= 0.6 is 15.9 Å². The molecule has 16 heavy (non-hydrogen) atoms. The van der Waals surface area contributed by atoms with E-state index < -0.39 is 21.7 Å². The second-order valence-corrected chi connectivity index (χ2v) is 5.63. The van der Waals surface area contributed by atoms with E-state index in [0.717, 1.165) is 6.07 Å². The highest BCUT2D eigenvalue weighted by Crippen LogP contribution is 2.26. The van der Waals surface area contributed by atoms with E-state index in [2.05, 4.69) is 21.2 Å². The van der Waals surface area contributed by atoms with Crippen molar-refractivity contribution in [3.05, 3.63) is 28.2 Å². The predicted molar refractivity (Wildman–Crippen MR) is 60.5 cm³/mol. The Morgan fingerprint density at radius 2 is 2.00 bits per heavy atom. The number of nitrogens with two attached hydrogens (primary N) is 1. The summed E-state index contributed by atoms with van der Waals surface area (Å²) in [6.07, 6.45) is 0. The average molecular weight is 315 g/mol. The highest BCUT2D eigenvalue weighted by Gasteiger charge is 2.10. The molecule has 0 aliphatic rings. The first-order valence-corrected chi connectivity index (χ1v) is 6.69. The second-order valence-electron chi connectivity index (χ2n) is 3.04. The summed E-state index contributed by atoms with van der Waals surface area (Å²) in [4.78, 5) is 0. The quantitative estimate of drug-likeness (QED) is 0.883. The van der Waals surface area contributed by atoms with Crippen LogP contribution in [0.4, 0.5) is 14.5 Å². The topological polar surface area (TPSA) is 72.2 Å². The van der Waals surface area contributed by atoms with Gasteiger partial charge >= 0.3 is 0 Å². The Hall–Kier alpha value is -0.730. The molecule has 0 amide bonds. The van der Waals surface area contributed by atoms with Crippen molar-refractivity contribution in [3.63, 3.8) is 0 Å². The predicted octanol–water partition coefficient (Wildman–Crippen LogP) is 1.43. The summed E-state index contributed by atoms with van der Waals surface area (Å²) < 4.78 is 47.3. The maximum atomic E-state index is 13.2. The van der Waals surface area contributed by atoms with E-state index in [-0.39, 0.29) is 22.5 Å². The third-order valence-corrected chi connectivity index (χ3v) is 3.09. The van der Waals surface area contributed by atoms with Crippen molar-refractivity contribution < 1.29 is 17.2 Å². The van der Waals surface area contributed by atoms with Crippen molar-refractivity contribution in [2.75, 3.05) is 17.6 Å². The molecule has 0 bridgehead atoms. The molecule has 0 spiro atoms. The van der Waals surface area contributed by atoms with Gasteiger partial charge in [0.2, 0.25) is 10.0 Å². The van der Waals surface area contributed by atoms with Gasteiger partial charge in [0.15, 0.2) is 0 Å². The second kappa shape index (κ2) is 5.07. The van der Waals surface area contributed by atoms with E-state index in [0.29, 0.717) is 6.07 Å². The molecule has 4 nitrogen and oxygen atoms in total. The van der Waals surface area contributed by atoms with Crippen molar-refractivity contribution in [2.24, 2.45) is 5.14 Å². The lowest BCUT2D eigenvalue weighted by molar-refractivity contribution is 0.583. The standard InChI is InChI=1S/C8H9BrF2N2O2S/c9-6-3-5(10)4-7(11)8(6)13-1-2-16(12,14)15/h3-4,13H,1-2H2,(H2,12,14,15). The summed E-state index contributed by atoms with van der Waals surface area (Å²) in [5, 5.41) is 7.28. The molecule has 0 saturated heterocycles. The lowest BCUT2D eigenvalue weighted by atomic mass is 10.3. The van der Waals surface area contributed by atoms with Crippen molar-refractivity contribution in [1.29, 1.82) is 0 Å². The maximum Gasteiger partial charge on any atom is 0.210 e. The van der Waals surface area contributed by atoms with Gasteiger partial charge in [-0.3, -0.25) is 0 Å². The molecular weight excluding hydrogens is 306 g/mol. The number of benzene rings is 1. The summed E-state index contributed by atoms with van der Waals surface area (Å²) in [6.45, 7) is -0.0556. The third-order valence-electron chi connectivity index (χ3n) is 1.70. The van der Waals surface area contributed by atoms with Crippen molar-refractivity contribution in [1.82, 2.24) is 0 Å². The van der Waals surface area contributed by atoms with Gasteiger partial charge in [0, 0.05) is 17.1 Å². The minimum absolute atomic E-state index is 0.00468. The fourth-order valence-corrected chi connectivity index (χ4v) is 1.96. The SMILES string of the molecule is NS(=O)(=O)CCNc1c(F)cc(F)cc1Br. The molecule has 1 rings (SSSR count).